The molecule has 6 rings (SSSR count). The van der Waals surface area contributed by atoms with Crippen LogP contribution in [0.25, 0.3) is 4.91 Å². The number of ether oxygens (including phenoxy) is 4. The normalized spacial score (nSPS) is 27.3. The van der Waals surface area contributed by atoms with Gasteiger partial charge >= 0.3 is 12.0 Å². The van der Waals surface area contributed by atoms with Crippen LogP contribution in [0.15, 0.2) is 52.8 Å². The summed E-state index contributed by atoms with van der Waals surface area (Å²) in [6.45, 7) is 11.2. The summed E-state index contributed by atoms with van der Waals surface area (Å²) in [4.78, 5) is 50.5. The smallest absolute Gasteiger partial charge is 0.332 e. The third-order valence-corrected chi connectivity index (χ3v) is 11.1. The number of thioether (sulfide) groups is 1. The summed E-state index contributed by atoms with van der Waals surface area (Å²) in [7, 11) is 0. The first-order valence-corrected chi connectivity index (χ1v) is 18.3. The third kappa shape index (κ3) is 7.77. The van der Waals surface area contributed by atoms with E-state index in [1.807, 2.05) is 37.3 Å². The maximum Gasteiger partial charge on any atom is 0.332 e. The number of carbonyl (C=O) groups is 3. The van der Waals surface area contributed by atoms with E-state index in [4.69, 9.17) is 23.4 Å². The highest BCUT2D eigenvalue weighted by molar-refractivity contribution is 8.09. The zero-order valence-corrected chi connectivity index (χ0v) is 30.2. The fourth-order valence-electron chi connectivity index (χ4n) is 7.09. The second-order valence-electron chi connectivity index (χ2n) is 14.9. The lowest BCUT2D eigenvalue weighted by Crippen LogP contribution is -2.68. The highest BCUT2D eigenvalue weighted by Gasteiger charge is 2.58. The lowest BCUT2D eigenvalue weighted by molar-refractivity contribution is -0.202. The van der Waals surface area contributed by atoms with Crippen molar-refractivity contribution in [2.24, 2.45) is 5.92 Å². The Bertz CT molecular complexity index is 1520. The van der Waals surface area contributed by atoms with Gasteiger partial charge in [0.15, 0.2) is 6.29 Å². The van der Waals surface area contributed by atoms with Crippen LogP contribution in [0.4, 0.5) is 4.79 Å². The Kier molecular flexibility index (Phi) is 10.6. The summed E-state index contributed by atoms with van der Waals surface area (Å²) in [5.41, 5.74) is -0.744. The monoisotopic (exact) mass is 695 g/mol. The van der Waals surface area contributed by atoms with Gasteiger partial charge in [-0.25, -0.2) is 19.5 Å². The van der Waals surface area contributed by atoms with E-state index in [9.17, 15) is 14.4 Å². The average Bonchev–Trinajstić information content (AvgIpc) is 3.71. The first kappa shape index (κ1) is 35.6. The molecule has 3 amide bonds. The largest absolute Gasteiger partial charge is 0.458 e. The molecule has 1 aliphatic carbocycles. The van der Waals surface area contributed by atoms with Crippen molar-refractivity contribution in [2.45, 2.75) is 128 Å². The molecule has 0 spiro atoms. The van der Waals surface area contributed by atoms with E-state index < -0.39 is 46.4 Å². The molecule has 266 valence electrons. The van der Waals surface area contributed by atoms with Crippen LogP contribution in [0.2, 0.25) is 0 Å². The highest BCUT2D eigenvalue weighted by atomic mass is 32.2. The summed E-state index contributed by atoms with van der Waals surface area (Å²) in [5, 5.41) is -0.590. The molecule has 11 nitrogen and oxygen atoms in total. The minimum absolute atomic E-state index is 0.0302. The predicted molar refractivity (Wildman–Crippen MR) is 184 cm³/mol. The van der Waals surface area contributed by atoms with Crippen molar-refractivity contribution in [1.82, 2.24) is 14.8 Å². The molecule has 3 aliphatic heterocycles. The van der Waals surface area contributed by atoms with Crippen LogP contribution in [-0.4, -0.2) is 80.9 Å². The molecular formula is C37H49N3O8S. The van der Waals surface area contributed by atoms with E-state index in [1.165, 1.54) is 18.0 Å². The van der Waals surface area contributed by atoms with Crippen molar-refractivity contribution in [3.8, 4) is 0 Å². The van der Waals surface area contributed by atoms with Gasteiger partial charge in [-0.05, 0) is 97.6 Å². The topological polar surface area (TPSA) is 121 Å². The number of carbonyl (C=O) groups excluding carboxylic acids is 3. The van der Waals surface area contributed by atoms with Gasteiger partial charge in [-0.3, -0.25) is 4.79 Å². The summed E-state index contributed by atoms with van der Waals surface area (Å²) in [6.07, 6.45) is 8.88. The lowest BCUT2D eigenvalue weighted by Gasteiger charge is -2.48. The Morgan fingerprint density at radius 1 is 1.04 bits per heavy atom. The quantitative estimate of drug-likeness (QED) is 0.238. The second kappa shape index (κ2) is 14.6. The summed E-state index contributed by atoms with van der Waals surface area (Å²) < 4.78 is 30.5. The second-order valence-corrected chi connectivity index (χ2v) is 16.0. The molecule has 5 unspecified atom stereocenters. The molecule has 6 atom stereocenters. The van der Waals surface area contributed by atoms with Crippen molar-refractivity contribution in [3.63, 3.8) is 0 Å². The molecule has 1 saturated carbocycles. The number of fused-ring (bicyclic) bond motifs is 1. The van der Waals surface area contributed by atoms with Gasteiger partial charge in [0, 0.05) is 6.61 Å². The number of urea groups is 1. The van der Waals surface area contributed by atoms with Gasteiger partial charge in [-0.2, -0.15) is 0 Å². The van der Waals surface area contributed by atoms with Crippen LogP contribution < -0.4 is 0 Å². The molecular weight excluding hydrogens is 646 g/mol. The molecule has 0 bridgehead atoms. The fraction of sp³-hybridized carbons (Fsp3) is 0.622. The minimum atomic E-state index is -1.58. The van der Waals surface area contributed by atoms with E-state index in [0.29, 0.717) is 10.8 Å². The minimum Gasteiger partial charge on any atom is -0.458 e. The number of nitrogens with zero attached hydrogens (tertiary/aromatic N) is 3. The number of esters is 1. The first-order valence-electron chi connectivity index (χ1n) is 17.5. The van der Waals surface area contributed by atoms with Gasteiger partial charge in [-0.1, -0.05) is 42.1 Å². The summed E-state index contributed by atoms with van der Waals surface area (Å²) in [6, 6.07) is 9.29. The van der Waals surface area contributed by atoms with Gasteiger partial charge < -0.3 is 28.3 Å². The van der Waals surface area contributed by atoms with Crippen molar-refractivity contribution in [2.75, 3.05) is 13.2 Å². The number of imide groups is 1. The maximum atomic E-state index is 14.7. The molecule has 2 aromatic rings. The maximum absolute atomic E-state index is 14.7. The summed E-state index contributed by atoms with van der Waals surface area (Å²) >= 11 is 1.39. The molecule has 1 aromatic heterocycles. The molecule has 0 N–H and O–H groups in total. The zero-order valence-electron chi connectivity index (χ0n) is 29.4. The lowest BCUT2D eigenvalue weighted by atomic mass is 9.91. The Morgan fingerprint density at radius 3 is 2.47 bits per heavy atom. The molecule has 4 heterocycles. The Hall–Kier alpha value is -3.19. The number of rotatable bonds is 10. The van der Waals surface area contributed by atoms with E-state index in [0.717, 1.165) is 67.6 Å². The molecule has 0 radical (unpaired) electrons. The number of aromatic nitrogens is 1. The zero-order chi connectivity index (χ0) is 34.9. The van der Waals surface area contributed by atoms with Crippen molar-refractivity contribution in [1.29, 1.82) is 0 Å². The SMILES string of the molecule is CC1=C(c2ncco2)SC2C1C(=O)N(C(C)(C)C(=O)OC(C)(C)C)C(=O)N2C[C@H](OC1CCCC(OC2CCCCO2)C1)c1ccccc1. The highest BCUT2D eigenvalue weighted by Crippen LogP contribution is 2.52. The Labute approximate surface area is 293 Å². The predicted octanol–water partition coefficient (Wildman–Crippen LogP) is 7.09. The van der Waals surface area contributed by atoms with Crippen molar-refractivity contribution < 1.29 is 37.7 Å². The number of amides is 3. The molecule has 4 aliphatic rings. The van der Waals surface area contributed by atoms with Crippen LogP contribution in [0, 0.1) is 5.92 Å². The number of hydrogen-bond acceptors (Lipinski definition) is 10. The van der Waals surface area contributed by atoms with Crippen LogP contribution >= 0.6 is 11.8 Å². The van der Waals surface area contributed by atoms with E-state index in [2.05, 4.69) is 4.98 Å². The van der Waals surface area contributed by atoms with Gasteiger partial charge in [0.2, 0.25) is 11.8 Å². The number of benzene rings is 1. The number of hydrogen-bond donors (Lipinski definition) is 0. The van der Waals surface area contributed by atoms with E-state index in [1.54, 1.807) is 45.7 Å². The molecule has 49 heavy (non-hydrogen) atoms. The van der Waals surface area contributed by atoms with Gasteiger partial charge in [0.1, 0.15) is 23.5 Å². The molecule has 1 aromatic carbocycles. The molecule has 3 fully saturated rings. The molecule has 2 saturated heterocycles. The van der Waals surface area contributed by atoms with E-state index >= 15 is 0 Å². The van der Waals surface area contributed by atoms with Crippen LogP contribution in [0.5, 0.6) is 0 Å². The fourth-order valence-corrected chi connectivity index (χ4v) is 8.61. The van der Waals surface area contributed by atoms with Gasteiger partial charge in [-0.15, -0.1) is 0 Å². The number of oxazole rings is 1. The van der Waals surface area contributed by atoms with Gasteiger partial charge in [0.05, 0.1) is 41.1 Å². The molecule has 12 heteroatoms. The van der Waals surface area contributed by atoms with Crippen LogP contribution in [0.1, 0.15) is 104 Å². The average molecular weight is 696 g/mol. The van der Waals surface area contributed by atoms with Crippen molar-refractivity contribution >= 4 is 34.6 Å². The summed E-state index contributed by atoms with van der Waals surface area (Å²) in [5.74, 6) is -1.46. The van der Waals surface area contributed by atoms with Crippen LogP contribution in [0.3, 0.4) is 0 Å². The Balaban J connectivity index is 1.31. The van der Waals surface area contributed by atoms with Crippen molar-refractivity contribution in [3.05, 3.63) is 59.8 Å². The first-order chi connectivity index (χ1) is 23.3. The Morgan fingerprint density at radius 2 is 1.80 bits per heavy atom. The van der Waals surface area contributed by atoms with E-state index in [-0.39, 0.29) is 25.0 Å². The third-order valence-electron chi connectivity index (χ3n) is 9.61. The van der Waals surface area contributed by atoms with Gasteiger partial charge in [0.25, 0.3) is 0 Å². The standard InChI is InChI=1S/C37H49N3O8S/c1-23-29-32(41)40(37(5,6)34(42)48-36(2,3)4)35(43)39(33(29)49-30(23)31-38-18-20-45-31)22-27(24-13-8-7-9-14-24)46-25-15-12-16-26(21-25)47-28-17-10-11-19-44-28/h7-9,13-14,18,20,25-29,33H,10-12,15-17,19,21-22H2,1-6H3/t25?,26?,27-,28?,29?,33?/m0/s1. The van der Waals surface area contributed by atoms with Crippen LogP contribution in [-0.2, 0) is 28.5 Å².